The highest BCUT2D eigenvalue weighted by Gasteiger charge is 2.41. The molecular formula is C22H30N4O2S. The third-order valence-electron chi connectivity index (χ3n) is 6.20. The van der Waals surface area contributed by atoms with Gasteiger partial charge in [0.05, 0.1) is 11.4 Å². The Morgan fingerprint density at radius 2 is 2.00 bits per heavy atom. The van der Waals surface area contributed by atoms with E-state index in [4.69, 9.17) is 4.98 Å². The molecule has 6 nitrogen and oxygen atoms in total. The second kappa shape index (κ2) is 8.50. The number of benzene rings is 1. The van der Waals surface area contributed by atoms with Crippen molar-refractivity contribution in [2.75, 3.05) is 25.4 Å². The van der Waals surface area contributed by atoms with E-state index in [1.165, 1.54) is 0 Å². The molecule has 1 aromatic carbocycles. The number of rotatable bonds is 7. The lowest BCUT2D eigenvalue weighted by Crippen LogP contribution is -2.56. The van der Waals surface area contributed by atoms with Crippen LogP contribution >= 0.6 is 0 Å². The fourth-order valence-electron chi connectivity index (χ4n) is 4.79. The molecule has 0 saturated carbocycles. The molecule has 3 aliphatic heterocycles. The van der Waals surface area contributed by atoms with Gasteiger partial charge in [0.15, 0.2) is 0 Å². The van der Waals surface area contributed by atoms with Crippen LogP contribution in [-0.4, -0.2) is 54.7 Å². The summed E-state index contributed by atoms with van der Waals surface area (Å²) in [4.78, 5) is 11.9. The van der Waals surface area contributed by atoms with Crippen molar-refractivity contribution in [1.82, 2.24) is 19.6 Å². The molecule has 0 aliphatic carbocycles. The maximum Gasteiger partial charge on any atom is 0.211 e. The Morgan fingerprint density at radius 3 is 2.69 bits per heavy atom. The minimum Gasteiger partial charge on any atom is -0.298 e. The van der Waals surface area contributed by atoms with E-state index in [0.717, 1.165) is 48.7 Å². The Bertz CT molecular complexity index is 949. The minimum atomic E-state index is -3.15. The van der Waals surface area contributed by atoms with Crippen molar-refractivity contribution in [3.8, 4) is 11.3 Å². The van der Waals surface area contributed by atoms with E-state index in [0.29, 0.717) is 24.8 Å². The molecule has 1 aromatic heterocycles. The van der Waals surface area contributed by atoms with E-state index >= 15 is 0 Å². The van der Waals surface area contributed by atoms with Crippen molar-refractivity contribution >= 4 is 10.0 Å². The highest BCUT2D eigenvalue weighted by molar-refractivity contribution is 7.89. The lowest BCUT2D eigenvalue weighted by atomic mass is 9.74. The van der Waals surface area contributed by atoms with Crippen LogP contribution in [0, 0.1) is 12.8 Å². The topological polar surface area (TPSA) is 75.2 Å². The molecule has 156 valence electrons. The number of nitrogens with one attached hydrogen (secondary N) is 1. The lowest BCUT2D eigenvalue weighted by Gasteiger charge is -2.49. The average molecular weight is 415 g/mol. The van der Waals surface area contributed by atoms with Crippen LogP contribution in [0.15, 0.2) is 36.4 Å². The number of nitrogens with zero attached hydrogens (tertiary/aromatic N) is 3. The number of hydrogen-bond donors (Lipinski definition) is 1. The van der Waals surface area contributed by atoms with E-state index in [-0.39, 0.29) is 11.8 Å². The third-order valence-corrected chi connectivity index (χ3v) is 7.75. The van der Waals surface area contributed by atoms with Crippen molar-refractivity contribution in [2.24, 2.45) is 5.92 Å². The minimum absolute atomic E-state index is 0.203. The van der Waals surface area contributed by atoms with Gasteiger partial charge in [0, 0.05) is 36.3 Å². The number of piperidine rings is 3. The third kappa shape index (κ3) is 4.68. The van der Waals surface area contributed by atoms with E-state index in [9.17, 15) is 8.42 Å². The first kappa shape index (κ1) is 20.4. The molecule has 2 aromatic rings. The summed E-state index contributed by atoms with van der Waals surface area (Å²) in [5.41, 5.74) is 3.22. The largest absolute Gasteiger partial charge is 0.298 e. The molecule has 3 saturated heterocycles. The number of hydrogen-bond acceptors (Lipinski definition) is 5. The molecule has 4 heterocycles. The highest BCUT2D eigenvalue weighted by atomic mass is 32.2. The molecule has 4 atom stereocenters. The van der Waals surface area contributed by atoms with Gasteiger partial charge in [-0.1, -0.05) is 37.3 Å². The summed E-state index contributed by atoms with van der Waals surface area (Å²) in [6, 6.07) is 12.7. The van der Waals surface area contributed by atoms with Crippen LogP contribution in [0.2, 0.25) is 0 Å². The first-order valence-corrected chi connectivity index (χ1v) is 12.2. The summed E-state index contributed by atoms with van der Waals surface area (Å²) >= 11 is 0. The molecular weight excluding hydrogens is 384 g/mol. The van der Waals surface area contributed by atoms with E-state index in [1.807, 2.05) is 32.0 Å². The Labute approximate surface area is 173 Å². The van der Waals surface area contributed by atoms with Gasteiger partial charge < -0.3 is 0 Å². The Morgan fingerprint density at radius 1 is 1.21 bits per heavy atom. The maximum atomic E-state index is 12.0. The van der Waals surface area contributed by atoms with Crippen LogP contribution in [0.25, 0.3) is 11.3 Å². The van der Waals surface area contributed by atoms with E-state index in [1.54, 1.807) is 0 Å². The zero-order valence-electron chi connectivity index (χ0n) is 17.2. The second-order valence-electron chi connectivity index (χ2n) is 8.30. The van der Waals surface area contributed by atoms with Gasteiger partial charge >= 0.3 is 0 Å². The first-order valence-electron chi connectivity index (χ1n) is 10.6. The Kier molecular flexibility index (Phi) is 5.99. The molecule has 2 bridgehead atoms. The van der Waals surface area contributed by atoms with Crippen molar-refractivity contribution in [3.63, 3.8) is 0 Å². The molecule has 0 spiro atoms. The molecule has 0 radical (unpaired) electrons. The molecule has 29 heavy (non-hydrogen) atoms. The highest BCUT2D eigenvalue weighted by Crippen LogP contribution is 2.41. The normalized spacial score (nSPS) is 26.6. The molecule has 1 unspecified atom stereocenters. The smallest absolute Gasteiger partial charge is 0.211 e. The number of aromatic nitrogens is 2. The van der Waals surface area contributed by atoms with Gasteiger partial charge in [-0.3, -0.25) is 4.90 Å². The average Bonchev–Trinajstić information content (AvgIpc) is 2.73. The number of sulfonamides is 1. The lowest BCUT2D eigenvalue weighted by molar-refractivity contribution is 0.0317. The molecule has 0 amide bonds. The van der Waals surface area contributed by atoms with E-state index < -0.39 is 10.0 Å². The predicted molar refractivity (Wildman–Crippen MR) is 115 cm³/mol. The number of fused-ring (bicyclic) bond motifs is 3. The van der Waals surface area contributed by atoms with Gasteiger partial charge in [-0.05, 0) is 44.7 Å². The van der Waals surface area contributed by atoms with Gasteiger partial charge in [-0.25, -0.2) is 23.1 Å². The quantitative estimate of drug-likeness (QED) is 0.754. The Hall–Kier alpha value is -1.83. The summed E-state index contributed by atoms with van der Waals surface area (Å²) in [6.45, 7) is 6.35. The van der Waals surface area contributed by atoms with E-state index in [2.05, 4.69) is 32.8 Å². The summed E-state index contributed by atoms with van der Waals surface area (Å²) in [5, 5.41) is 0. The standard InChI is InChI=1S/C22H30N4O2S/c1-3-11-29(27,28)23-14-19-12-18-9-10-26(19)15-20(18)22-13-21(24-16(2)25-22)17-7-5-4-6-8-17/h4-8,13,18-20,23H,3,9-12,14-15H2,1-2H3/t18-,19-,20+/m1/s1. The van der Waals surface area contributed by atoms with Crippen LogP contribution in [0.1, 0.15) is 43.6 Å². The van der Waals surface area contributed by atoms with Crippen LogP contribution in [0.5, 0.6) is 0 Å². The zero-order valence-corrected chi connectivity index (χ0v) is 18.0. The predicted octanol–water partition coefficient (Wildman–Crippen LogP) is 2.96. The Balaban J connectivity index is 1.49. The van der Waals surface area contributed by atoms with Crippen molar-refractivity contribution < 1.29 is 8.42 Å². The number of aryl methyl sites for hydroxylation is 1. The van der Waals surface area contributed by atoms with Crippen molar-refractivity contribution in [3.05, 3.63) is 47.9 Å². The van der Waals surface area contributed by atoms with Gasteiger partial charge in [0.25, 0.3) is 0 Å². The van der Waals surface area contributed by atoms with Gasteiger partial charge in [-0.15, -0.1) is 0 Å². The monoisotopic (exact) mass is 414 g/mol. The maximum absolute atomic E-state index is 12.0. The summed E-state index contributed by atoms with van der Waals surface area (Å²) in [6.07, 6.45) is 2.81. The summed E-state index contributed by atoms with van der Waals surface area (Å²) in [7, 11) is -3.15. The first-order chi connectivity index (χ1) is 13.9. The molecule has 3 aliphatic rings. The summed E-state index contributed by atoms with van der Waals surface area (Å²) in [5.74, 6) is 1.94. The van der Waals surface area contributed by atoms with Crippen LogP contribution < -0.4 is 4.72 Å². The van der Waals surface area contributed by atoms with Gasteiger partial charge in [-0.2, -0.15) is 0 Å². The molecule has 7 heteroatoms. The fourth-order valence-corrected chi connectivity index (χ4v) is 5.92. The zero-order chi connectivity index (χ0) is 20.4. The molecule has 5 rings (SSSR count). The van der Waals surface area contributed by atoms with Gasteiger partial charge in [0.2, 0.25) is 10.0 Å². The SMILES string of the molecule is CCCS(=O)(=O)NC[C@H]1C[C@H]2CCN1C[C@@H]2c1cc(-c2ccccc2)nc(C)n1. The fraction of sp³-hybridized carbons (Fsp3) is 0.545. The summed E-state index contributed by atoms with van der Waals surface area (Å²) < 4.78 is 26.9. The van der Waals surface area contributed by atoms with Crippen LogP contribution in [0.3, 0.4) is 0 Å². The van der Waals surface area contributed by atoms with Crippen LogP contribution in [-0.2, 0) is 10.0 Å². The van der Waals surface area contributed by atoms with Crippen molar-refractivity contribution in [2.45, 2.75) is 45.1 Å². The van der Waals surface area contributed by atoms with Crippen molar-refractivity contribution in [1.29, 1.82) is 0 Å². The second-order valence-corrected chi connectivity index (χ2v) is 10.2. The molecule has 1 N–H and O–H groups in total. The molecule has 3 fully saturated rings. The van der Waals surface area contributed by atoms with Gasteiger partial charge in [0.1, 0.15) is 5.82 Å². The van der Waals surface area contributed by atoms with Crippen LogP contribution in [0.4, 0.5) is 0 Å².